The maximum Gasteiger partial charge on any atom is 0.225 e. The summed E-state index contributed by atoms with van der Waals surface area (Å²) in [6.07, 6.45) is 6.51. The second-order valence-corrected chi connectivity index (χ2v) is 6.53. The number of nitrogens with zero attached hydrogens (tertiary/aromatic N) is 1. The maximum absolute atomic E-state index is 12.6. The first-order valence-corrected chi connectivity index (χ1v) is 8.28. The molecule has 0 radical (unpaired) electrons. The third-order valence-electron chi connectivity index (χ3n) is 4.53. The smallest absolute Gasteiger partial charge is 0.225 e. The maximum atomic E-state index is 12.6. The highest BCUT2D eigenvalue weighted by Crippen LogP contribution is 2.20. The Morgan fingerprint density at radius 3 is 2.60 bits per heavy atom. The molecule has 2 fully saturated rings. The van der Waals surface area contributed by atoms with Crippen LogP contribution >= 0.6 is 0 Å². The van der Waals surface area contributed by atoms with Crippen molar-refractivity contribution < 1.29 is 9.53 Å². The minimum Gasteiger partial charge on any atom is -0.378 e. The number of carbonyl (C=O) groups excluding carboxylic acids is 1. The van der Waals surface area contributed by atoms with Gasteiger partial charge in [-0.15, -0.1) is 0 Å². The van der Waals surface area contributed by atoms with E-state index in [0.717, 1.165) is 39.1 Å². The Bertz CT molecular complexity index is 295. The fraction of sp³-hybridized carbons (Fsp3) is 0.938. The van der Waals surface area contributed by atoms with Gasteiger partial charge in [0.05, 0.1) is 12.5 Å². The normalized spacial score (nSPS) is 24.9. The highest BCUT2D eigenvalue weighted by molar-refractivity contribution is 5.77. The van der Waals surface area contributed by atoms with Gasteiger partial charge in [0, 0.05) is 19.2 Å². The van der Waals surface area contributed by atoms with Crippen molar-refractivity contribution in [3.63, 3.8) is 0 Å². The number of nitrogens with one attached hydrogen (secondary N) is 1. The van der Waals surface area contributed by atoms with Crippen LogP contribution in [0, 0.1) is 5.92 Å². The molecule has 20 heavy (non-hydrogen) atoms. The lowest BCUT2D eigenvalue weighted by Gasteiger charge is -2.34. The molecule has 2 heterocycles. The van der Waals surface area contributed by atoms with Gasteiger partial charge < -0.3 is 15.0 Å². The molecule has 0 saturated carbocycles. The zero-order valence-electron chi connectivity index (χ0n) is 13.1. The summed E-state index contributed by atoms with van der Waals surface area (Å²) in [7, 11) is 0. The number of hydrogen-bond acceptors (Lipinski definition) is 3. The van der Waals surface area contributed by atoms with E-state index in [2.05, 4.69) is 24.1 Å². The van der Waals surface area contributed by atoms with Gasteiger partial charge in [-0.2, -0.15) is 0 Å². The van der Waals surface area contributed by atoms with E-state index in [1.807, 2.05) is 0 Å². The van der Waals surface area contributed by atoms with E-state index >= 15 is 0 Å². The van der Waals surface area contributed by atoms with E-state index in [0.29, 0.717) is 18.4 Å². The first kappa shape index (κ1) is 15.8. The molecule has 1 unspecified atom stereocenters. The third-order valence-corrected chi connectivity index (χ3v) is 4.53. The second-order valence-electron chi connectivity index (χ2n) is 6.53. The summed E-state index contributed by atoms with van der Waals surface area (Å²) in [5.74, 6) is 0.945. The quantitative estimate of drug-likeness (QED) is 0.840. The number of carbonyl (C=O) groups is 1. The highest BCUT2D eigenvalue weighted by Gasteiger charge is 2.26. The number of hydrogen-bond donors (Lipinski definition) is 1. The summed E-state index contributed by atoms with van der Waals surface area (Å²) in [4.78, 5) is 14.6. The molecule has 0 bridgehead atoms. The molecular weight excluding hydrogens is 252 g/mol. The van der Waals surface area contributed by atoms with Gasteiger partial charge in [-0.3, -0.25) is 4.79 Å². The largest absolute Gasteiger partial charge is 0.378 e. The van der Waals surface area contributed by atoms with Crippen molar-refractivity contribution in [1.82, 2.24) is 10.2 Å². The fourth-order valence-electron chi connectivity index (χ4n) is 3.22. The zero-order chi connectivity index (χ0) is 14.4. The molecule has 0 aromatic rings. The summed E-state index contributed by atoms with van der Waals surface area (Å²) in [5, 5.41) is 3.39. The van der Waals surface area contributed by atoms with Crippen LogP contribution in [0.4, 0.5) is 0 Å². The van der Waals surface area contributed by atoms with Crippen LogP contribution in [0.2, 0.25) is 0 Å². The Morgan fingerprint density at radius 2 is 2.00 bits per heavy atom. The lowest BCUT2D eigenvalue weighted by molar-refractivity contribution is -0.137. The standard InChI is InChI=1S/C16H30N2O2/c1-13(2)18(12-14-6-8-17-9-7-14)16(19)11-15-5-3-4-10-20-15/h13-15,17H,3-12H2,1-2H3. The molecule has 1 N–H and O–H groups in total. The predicted molar refractivity (Wildman–Crippen MR) is 80.7 cm³/mol. The van der Waals surface area contributed by atoms with Crippen molar-refractivity contribution in [2.75, 3.05) is 26.2 Å². The van der Waals surface area contributed by atoms with Crippen LogP contribution in [-0.4, -0.2) is 49.2 Å². The average molecular weight is 282 g/mol. The van der Waals surface area contributed by atoms with E-state index in [1.54, 1.807) is 0 Å². The molecule has 2 aliphatic rings. The Kier molecular flexibility index (Phi) is 6.30. The Labute approximate surface area is 123 Å². The molecule has 4 nitrogen and oxygen atoms in total. The van der Waals surface area contributed by atoms with Crippen LogP contribution in [-0.2, 0) is 9.53 Å². The van der Waals surface area contributed by atoms with Crippen molar-refractivity contribution in [3.8, 4) is 0 Å². The monoisotopic (exact) mass is 282 g/mol. The minimum absolute atomic E-state index is 0.158. The SMILES string of the molecule is CC(C)N(CC1CCNCC1)C(=O)CC1CCCCO1. The third kappa shape index (κ3) is 4.74. The summed E-state index contributed by atoms with van der Waals surface area (Å²) < 4.78 is 5.71. The van der Waals surface area contributed by atoms with Crippen LogP contribution in [0.5, 0.6) is 0 Å². The van der Waals surface area contributed by atoms with Crippen LogP contribution in [0.25, 0.3) is 0 Å². The van der Waals surface area contributed by atoms with Crippen LogP contribution in [0.3, 0.4) is 0 Å². The number of rotatable bonds is 5. The van der Waals surface area contributed by atoms with Gasteiger partial charge in [-0.05, 0) is 65.0 Å². The molecule has 2 saturated heterocycles. The summed E-state index contributed by atoms with van der Waals surface area (Å²) >= 11 is 0. The van der Waals surface area contributed by atoms with Gasteiger partial charge >= 0.3 is 0 Å². The van der Waals surface area contributed by atoms with E-state index in [4.69, 9.17) is 4.74 Å². The summed E-state index contributed by atoms with van der Waals surface area (Å²) in [6, 6.07) is 0.293. The van der Waals surface area contributed by atoms with E-state index in [1.165, 1.54) is 19.3 Å². The topological polar surface area (TPSA) is 41.6 Å². The van der Waals surface area contributed by atoms with Crippen molar-refractivity contribution in [3.05, 3.63) is 0 Å². The van der Waals surface area contributed by atoms with Gasteiger partial charge in [0.15, 0.2) is 0 Å². The molecule has 0 aromatic carbocycles. The summed E-state index contributed by atoms with van der Waals surface area (Å²) in [6.45, 7) is 8.19. The Morgan fingerprint density at radius 1 is 1.25 bits per heavy atom. The highest BCUT2D eigenvalue weighted by atomic mass is 16.5. The first-order chi connectivity index (χ1) is 9.66. The van der Waals surface area contributed by atoms with Gasteiger partial charge in [-0.1, -0.05) is 0 Å². The van der Waals surface area contributed by atoms with Crippen LogP contribution < -0.4 is 5.32 Å². The molecule has 1 atom stereocenters. The number of ether oxygens (including phenoxy) is 1. The Hall–Kier alpha value is -0.610. The summed E-state index contributed by atoms with van der Waals surface area (Å²) in [5.41, 5.74) is 0. The average Bonchev–Trinajstić information content (AvgIpc) is 2.46. The lowest BCUT2D eigenvalue weighted by Crippen LogP contribution is -2.44. The second kappa shape index (κ2) is 7.99. The molecule has 116 valence electrons. The van der Waals surface area contributed by atoms with Crippen molar-refractivity contribution >= 4 is 5.91 Å². The van der Waals surface area contributed by atoms with E-state index in [9.17, 15) is 4.79 Å². The van der Waals surface area contributed by atoms with Gasteiger partial charge in [0.25, 0.3) is 0 Å². The van der Waals surface area contributed by atoms with Crippen molar-refractivity contribution in [2.45, 2.75) is 64.5 Å². The molecule has 0 aliphatic carbocycles. The van der Waals surface area contributed by atoms with Gasteiger partial charge in [0.1, 0.15) is 0 Å². The predicted octanol–water partition coefficient (Wildman–Crippen LogP) is 2.18. The fourth-order valence-corrected chi connectivity index (χ4v) is 3.22. The molecule has 0 aromatic heterocycles. The molecular formula is C16H30N2O2. The van der Waals surface area contributed by atoms with Crippen molar-refractivity contribution in [2.24, 2.45) is 5.92 Å². The van der Waals surface area contributed by atoms with Gasteiger partial charge in [0.2, 0.25) is 5.91 Å². The lowest BCUT2D eigenvalue weighted by atomic mass is 9.96. The van der Waals surface area contributed by atoms with Crippen LogP contribution in [0.1, 0.15) is 52.4 Å². The molecule has 2 aliphatic heterocycles. The molecule has 4 heteroatoms. The van der Waals surface area contributed by atoms with E-state index < -0.39 is 0 Å². The van der Waals surface area contributed by atoms with Crippen LogP contribution in [0.15, 0.2) is 0 Å². The number of amides is 1. The minimum atomic E-state index is 0.158. The first-order valence-electron chi connectivity index (χ1n) is 8.28. The Balaban J connectivity index is 1.84. The van der Waals surface area contributed by atoms with Gasteiger partial charge in [-0.25, -0.2) is 0 Å². The molecule has 0 spiro atoms. The molecule has 2 rings (SSSR count). The number of piperidine rings is 1. The van der Waals surface area contributed by atoms with E-state index in [-0.39, 0.29) is 12.0 Å². The molecule has 1 amide bonds. The zero-order valence-corrected chi connectivity index (χ0v) is 13.1. The van der Waals surface area contributed by atoms with Crippen molar-refractivity contribution in [1.29, 1.82) is 0 Å².